The second-order valence-electron chi connectivity index (χ2n) is 5.80. The van der Waals surface area contributed by atoms with Gasteiger partial charge in [-0.25, -0.2) is 13.8 Å². The van der Waals surface area contributed by atoms with E-state index in [2.05, 4.69) is 10.5 Å². The van der Waals surface area contributed by atoms with E-state index in [0.717, 1.165) is 16.1 Å². The van der Waals surface area contributed by atoms with Crippen molar-refractivity contribution in [2.24, 2.45) is 5.10 Å². The number of benzene rings is 2. The highest BCUT2D eigenvalue weighted by Gasteiger charge is 2.20. The van der Waals surface area contributed by atoms with E-state index in [9.17, 15) is 18.3 Å². The third kappa shape index (κ3) is 5.45. The average molecular weight is 391 g/mol. The predicted octanol–water partition coefficient (Wildman–Crippen LogP) is 1.63. The Kier molecular flexibility index (Phi) is 6.40. The number of hydrazone groups is 1. The lowest BCUT2D eigenvalue weighted by Crippen LogP contribution is -2.39. The highest BCUT2D eigenvalue weighted by Crippen LogP contribution is 2.27. The zero-order chi connectivity index (χ0) is 20.0. The fourth-order valence-corrected chi connectivity index (χ4v) is 3.12. The minimum Gasteiger partial charge on any atom is -0.504 e. The number of carbonyl (C=O) groups excluding carboxylic acids is 1. The van der Waals surface area contributed by atoms with Gasteiger partial charge in [0.25, 0.3) is 5.91 Å². The molecular weight excluding hydrogens is 370 g/mol. The second kappa shape index (κ2) is 8.54. The molecule has 0 aromatic heterocycles. The van der Waals surface area contributed by atoms with Crippen molar-refractivity contribution in [2.45, 2.75) is 6.92 Å². The van der Waals surface area contributed by atoms with Crippen LogP contribution in [0.5, 0.6) is 11.5 Å². The van der Waals surface area contributed by atoms with Gasteiger partial charge in [0.05, 0.1) is 25.3 Å². The molecule has 2 aromatic carbocycles. The first-order valence-electron chi connectivity index (χ1n) is 7.94. The first kappa shape index (κ1) is 20.2. The van der Waals surface area contributed by atoms with Gasteiger partial charge in [-0.1, -0.05) is 23.8 Å². The van der Waals surface area contributed by atoms with E-state index in [1.807, 2.05) is 6.92 Å². The Balaban J connectivity index is 2.09. The van der Waals surface area contributed by atoms with Crippen LogP contribution < -0.4 is 14.5 Å². The van der Waals surface area contributed by atoms with Crippen LogP contribution in [0.4, 0.5) is 5.69 Å². The van der Waals surface area contributed by atoms with Crippen molar-refractivity contribution in [1.29, 1.82) is 0 Å². The summed E-state index contributed by atoms with van der Waals surface area (Å²) in [6.07, 6.45) is 2.27. The number of rotatable bonds is 7. The molecule has 0 bridgehead atoms. The average Bonchev–Trinajstić information content (AvgIpc) is 2.61. The van der Waals surface area contributed by atoms with Gasteiger partial charge in [-0.2, -0.15) is 5.10 Å². The number of hydrogen-bond donors (Lipinski definition) is 2. The van der Waals surface area contributed by atoms with Gasteiger partial charge in [-0.05, 0) is 31.2 Å². The van der Waals surface area contributed by atoms with Crippen molar-refractivity contribution < 1.29 is 23.1 Å². The van der Waals surface area contributed by atoms with E-state index in [1.165, 1.54) is 13.3 Å². The molecule has 0 aliphatic heterocycles. The van der Waals surface area contributed by atoms with Gasteiger partial charge in [0.2, 0.25) is 10.0 Å². The summed E-state index contributed by atoms with van der Waals surface area (Å²) in [5.41, 5.74) is 3.95. The maximum absolute atomic E-state index is 12.1. The van der Waals surface area contributed by atoms with E-state index in [4.69, 9.17) is 4.74 Å². The number of sulfonamides is 1. The van der Waals surface area contributed by atoms with Gasteiger partial charge in [-0.15, -0.1) is 0 Å². The number of para-hydroxylation sites is 1. The van der Waals surface area contributed by atoms with Gasteiger partial charge in [0.1, 0.15) is 6.54 Å². The molecule has 2 rings (SSSR count). The van der Waals surface area contributed by atoms with E-state index < -0.39 is 22.5 Å². The summed E-state index contributed by atoms with van der Waals surface area (Å²) in [7, 11) is -2.24. The molecule has 0 radical (unpaired) electrons. The molecule has 144 valence electrons. The number of carbonyl (C=O) groups is 1. The number of hydrogen-bond acceptors (Lipinski definition) is 6. The monoisotopic (exact) mass is 391 g/mol. The third-order valence-corrected chi connectivity index (χ3v) is 4.79. The minimum absolute atomic E-state index is 0.115. The van der Waals surface area contributed by atoms with Crippen LogP contribution in [-0.2, 0) is 14.8 Å². The lowest BCUT2D eigenvalue weighted by Gasteiger charge is -2.21. The van der Waals surface area contributed by atoms with Gasteiger partial charge >= 0.3 is 0 Å². The number of nitrogens with zero attached hydrogens (tertiary/aromatic N) is 2. The Bertz CT molecular complexity index is 940. The molecular formula is C18H21N3O5S. The smallest absolute Gasteiger partial charge is 0.260 e. The van der Waals surface area contributed by atoms with Crippen molar-refractivity contribution >= 4 is 27.8 Å². The van der Waals surface area contributed by atoms with Crippen LogP contribution in [0, 0.1) is 6.92 Å². The molecule has 9 heteroatoms. The number of aryl methyl sites for hydroxylation is 1. The lowest BCUT2D eigenvalue weighted by atomic mass is 10.2. The van der Waals surface area contributed by atoms with E-state index in [0.29, 0.717) is 11.3 Å². The summed E-state index contributed by atoms with van der Waals surface area (Å²) >= 11 is 0. The number of methoxy groups -OCH3 is 1. The van der Waals surface area contributed by atoms with Gasteiger partial charge < -0.3 is 9.84 Å². The molecule has 0 saturated heterocycles. The summed E-state index contributed by atoms with van der Waals surface area (Å²) in [6.45, 7) is 1.45. The molecule has 0 aliphatic carbocycles. The predicted molar refractivity (Wildman–Crippen MR) is 104 cm³/mol. The second-order valence-corrected chi connectivity index (χ2v) is 7.70. The van der Waals surface area contributed by atoms with Crippen molar-refractivity contribution in [2.75, 3.05) is 24.2 Å². The maximum atomic E-state index is 12.1. The zero-order valence-electron chi connectivity index (χ0n) is 15.2. The lowest BCUT2D eigenvalue weighted by molar-refractivity contribution is -0.119. The topological polar surface area (TPSA) is 108 Å². The van der Waals surface area contributed by atoms with E-state index in [-0.39, 0.29) is 11.5 Å². The highest BCUT2D eigenvalue weighted by atomic mass is 32.2. The number of phenols is 1. The maximum Gasteiger partial charge on any atom is 0.260 e. The fourth-order valence-electron chi connectivity index (χ4n) is 2.26. The Morgan fingerprint density at radius 1 is 1.26 bits per heavy atom. The number of aromatic hydroxyl groups is 1. The van der Waals surface area contributed by atoms with Gasteiger partial charge in [0.15, 0.2) is 11.5 Å². The molecule has 2 aromatic rings. The molecule has 1 amide bonds. The number of anilines is 1. The molecule has 0 aliphatic rings. The molecule has 0 unspecified atom stereocenters. The number of phenolic OH excluding ortho intramolecular Hbond substituents is 1. The molecule has 0 fully saturated rings. The van der Waals surface area contributed by atoms with Crippen molar-refractivity contribution in [3.8, 4) is 11.5 Å². The normalized spacial score (nSPS) is 11.4. The van der Waals surface area contributed by atoms with Crippen molar-refractivity contribution in [1.82, 2.24) is 5.43 Å². The van der Waals surface area contributed by atoms with E-state index >= 15 is 0 Å². The summed E-state index contributed by atoms with van der Waals surface area (Å²) in [6, 6.07) is 11.6. The van der Waals surface area contributed by atoms with Crippen LogP contribution in [-0.4, -0.2) is 45.6 Å². The molecule has 0 saturated carbocycles. The van der Waals surface area contributed by atoms with Crippen LogP contribution >= 0.6 is 0 Å². The van der Waals surface area contributed by atoms with Crippen LogP contribution in [0.1, 0.15) is 11.1 Å². The molecule has 8 nitrogen and oxygen atoms in total. The molecule has 27 heavy (non-hydrogen) atoms. The SMILES string of the molecule is COc1cccc(/C=N\NC(=O)CN(c2ccc(C)cc2)S(C)(=O)=O)c1O. The van der Waals surface area contributed by atoms with Gasteiger partial charge in [0, 0.05) is 5.56 Å². The quantitative estimate of drug-likeness (QED) is 0.551. The molecule has 0 atom stereocenters. The minimum atomic E-state index is -3.65. The van der Waals surface area contributed by atoms with Crippen molar-refractivity contribution in [3.05, 3.63) is 53.6 Å². The Morgan fingerprint density at radius 2 is 1.93 bits per heavy atom. The standard InChI is InChI=1S/C18H21N3O5S/c1-13-7-9-15(10-8-13)21(27(3,24)25)12-17(22)20-19-11-14-5-4-6-16(26-2)18(14)23/h4-11,23H,12H2,1-3H3,(H,20,22)/b19-11-. The van der Waals surface area contributed by atoms with Crippen LogP contribution in [0.25, 0.3) is 0 Å². The van der Waals surface area contributed by atoms with Crippen LogP contribution in [0.2, 0.25) is 0 Å². The molecule has 0 spiro atoms. The first-order chi connectivity index (χ1) is 12.7. The van der Waals surface area contributed by atoms with Crippen LogP contribution in [0.3, 0.4) is 0 Å². The summed E-state index contributed by atoms with van der Waals surface area (Å²) in [5, 5.41) is 13.7. The van der Waals surface area contributed by atoms with E-state index in [1.54, 1.807) is 42.5 Å². The summed E-state index contributed by atoms with van der Waals surface area (Å²) < 4.78 is 30.0. The van der Waals surface area contributed by atoms with Crippen LogP contribution in [0.15, 0.2) is 47.6 Å². The molecule has 2 N–H and O–H groups in total. The molecule has 0 heterocycles. The summed E-state index contributed by atoms with van der Waals surface area (Å²) in [4.78, 5) is 12.1. The fraction of sp³-hybridized carbons (Fsp3) is 0.222. The summed E-state index contributed by atoms with van der Waals surface area (Å²) in [5.74, 6) is -0.469. The van der Waals surface area contributed by atoms with Gasteiger partial charge in [-0.3, -0.25) is 9.10 Å². The largest absolute Gasteiger partial charge is 0.504 e. The highest BCUT2D eigenvalue weighted by molar-refractivity contribution is 7.92. The number of ether oxygens (including phenoxy) is 1. The number of nitrogens with one attached hydrogen (secondary N) is 1. The Hall–Kier alpha value is -3.07. The Labute approximate surface area is 158 Å². The first-order valence-corrected chi connectivity index (χ1v) is 9.79. The third-order valence-electron chi connectivity index (χ3n) is 3.65. The zero-order valence-corrected chi connectivity index (χ0v) is 16.0. The van der Waals surface area contributed by atoms with Crippen molar-refractivity contribution in [3.63, 3.8) is 0 Å². The Morgan fingerprint density at radius 3 is 2.52 bits per heavy atom. The number of amides is 1.